The molecule has 0 aromatic heterocycles. The lowest BCUT2D eigenvalue weighted by molar-refractivity contribution is 0.0783. The molecular weight excluding hydrogens is 255 g/mol. The van der Waals surface area contributed by atoms with Gasteiger partial charge < -0.3 is 4.74 Å². The van der Waals surface area contributed by atoms with E-state index in [9.17, 15) is 9.18 Å². The van der Waals surface area contributed by atoms with Gasteiger partial charge in [-0.25, -0.2) is 0 Å². The standard InChI is InChI=1S/C14H16ClFO2/c1-3-14(4-5-16)8-9-6-12(18-2)11(15)7-10(9)13(14)17/h6-7H,3-5,8H2,1-2H3. The van der Waals surface area contributed by atoms with E-state index < -0.39 is 12.1 Å². The third-order valence-electron chi connectivity index (χ3n) is 3.88. The number of halogens is 2. The number of methoxy groups -OCH3 is 1. The lowest BCUT2D eigenvalue weighted by Crippen LogP contribution is -2.27. The van der Waals surface area contributed by atoms with Crippen LogP contribution in [0, 0.1) is 5.41 Å². The molecule has 0 bridgehead atoms. The minimum absolute atomic E-state index is 0.0159. The molecule has 1 aromatic carbocycles. The maximum Gasteiger partial charge on any atom is 0.169 e. The molecule has 0 saturated heterocycles. The van der Waals surface area contributed by atoms with Crippen LogP contribution in [0.1, 0.15) is 35.7 Å². The van der Waals surface area contributed by atoms with Gasteiger partial charge in [0.1, 0.15) is 5.75 Å². The Kier molecular flexibility index (Phi) is 3.62. The smallest absolute Gasteiger partial charge is 0.169 e. The van der Waals surface area contributed by atoms with Crippen molar-refractivity contribution in [2.75, 3.05) is 13.8 Å². The number of alkyl halides is 1. The molecule has 1 atom stereocenters. The van der Waals surface area contributed by atoms with Gasteiger partial charge in [0.2, 0.25) is 0 Å². The first kappa shape index (κ1) is 13.3. The van der Waals surface area contributed by atoms with Crippen molar-refractivity contribution in [1.82, 2.24) is 0 Å². The Morgan fingerprint density at radius 2 is 2.22 bits per heavy atom. The topological polar surface area (TPSA) is 26.3 Å². The van der Waals surface area contributed by atoms with E-state index in [4.69, 9.17) is 16.3 Å². The summed E-state index contributed by atoms with van der Waals surface area (Å²) in [5, 5.41) is 0.428. The van der Waals surface area contributed by atoms with Crippen LogP contribution in [-0.2, 0) is 6.42 Å². The summed E-state index contributed by atoms with van der Waals surface area (Å²) in [5.74, 6) is 0.581. The van der Waals surface area contributed by atoms with Crippen LogP contribution in [0.15, 0.2) is 12.1 Å². The summed E-state index contributed by atoms with van der Waals surface area (Å²) >= 11 is 6.04. The van der Waals surface area contributed by atoms with Crippen molar-refractivity contribution in [2.24, 2.45) is 5.41 Å². The molecule has 2 rings (SSSR count). The Balaban J connectivity index is 2.47. The second-order valence-corrected chi connectivity index (χ2v) is 5.13. The first-order valence-corrected chi connectivity index (χ1v) is 6.43. The summed E-state index contributed by atoms with van der Waals surface area (Å²) < 4.78 is 17.8. The molecule has 0 saturated carbocycles. The van der Waals surface area contributed by atoms with E-state index in [1.807, 2.05) is 6.92 Å². The normalized spacial score (nSPS) is 22.1. The van der Waals surface area contributed by atoms with Crippen LogP contribution >= 0.6 is 11.6 Å². The monoisotopic (exact) mass is 270 g/mol. The number of benzene rings is 1. The zero-order chi connectivity index (χ0) is 13.3. The van der Waals surface area contributed by atoms with Crippen molar-refractivity contribution >= 4 is 17.4 Å². The SMILES string of the molecule is CCC1(CCF)Cc2cc(OC)c(Cl)cc2C1=O. The third-order valence-corrected chi connectivity index (χ3v) is 4.18. The molecule has 1 aromatic rings. The number of hydrogen-bond acceptors (Lipinski definition) is 2. The molecule has 98 valence electrons. The summed E-state index contributed by atoms with van der Waals surface area (Å²) in [5.41, 5.74) is 0.944. The summed E-state index contributed by atoms with van der Waals surface area (Å²) in [7, 11) is 1.54. The first-order valence-electron chi connectivity index (χ1n) is 6.05. The molecular formula is C14H16ClFO2. The minimum Gasteiger partial charge on any atom is -0.495 e. The van der Waals surface area contributed by atoms with Crippen LogP contribution in [0.4, 0.5) is 4.39 Å². The number of Topliss-reactive ketones (excluding diaryl/α,β-unsaturated/α-hetero) is 1. The fraction of sp³-hybridized carbons (Fsp3) is 0.500. The van der Waals surface area contributed by atoms with Gasteiger partial charge in [0.05, 0.1) is 18.8 Å². The summed E-state index contributed by atoms with van der Waals surface area (Å²) in [6.07, 6.45) is 1.50. The number of hydrogen-bond donors (Lipinski definition) is 0. The molecule has 0 aliphatic heterocycles. The molecule has 2 nitrogen and oxygen atoms in total. The molecule has 0 radical (unpaired) electrons. The number of carbonyl (C=O) groups excluding carboxylic acids is 1. The number of ketones is 1. The van der Waals surface area contributed by atoms with Gasteiger partial charge in [-0.05, 0) is 37.0 Å². The van der Waals surface area contributed by atoms with Crippen molar-refractivity contribution in [3.63, 3.8) is 0 Å². The van der Waals surface area contributed by atoms with Crippen LogP contribution < -0.4 is 4.74 Å². The summed E-state index contributed by atoms with van der Waals surface area (Å²) in [6.45, 7) is 1.46. The van der Waals surface area contributed by atoms with Crippen LogP contribution in [-0.4, -0.2) is 19.6 Å². The second kappa shape index (κ2) is 4.88. The number of carbonyl (C=O) groups is 1. The van der Waals surface area contributed by atoms with Gasteiger partial charge in [0, 0.05) is 11.0 Å². The highest BCUT2D eigenvalue weighted by atomic mass is 35.5. The zero-order valence-electron chi connectivity index (χ0n) is 10.6. The van der Waals surface area contributed by atoms with Gasteiger partial charge in [0.15, 0.2) is 5.78 Å². The highest BCUT2D eigenvalue weighted by Gasteiger charge is 2.44. The molecule has 1 aliphatic rings. The molecule has 0 fully saturated rings. The van der Waals surface area contributed by atoms with E-state index in [0.29, 0.717) is 29.2 Å². The van der Waals surface area contributed by atoms with E-state index in [2.05, 4.69) is 0 Å². The largest absolute Gasteiger partial charge is 0.495 e. The average Bonchev–Trinajstić information content (AvgIpc) is 2.63. The van der Waals surface area contributed by atoms with E-state index in [-0.39, 0.29) is 12.2 Å². The number of rotatable bonds is 4. The Hall–Kier alpha value is -1.09. The van der Waals surface area contributed by atoms with E-state index in [0.717, 1.165) is 5.56 Å². The summed E-state index contributed by atoms with van der Waals surface area (Å²) in [6, 6.07) is 3.44. The molecule has 18 heavy (non-hydrogen) atoms. The molecule has 1 unspecified atom stereocenters. The van der Waals surface area contributed by atoms with Crippen LogP contribution in [0.5, 0.6) is 5.75 Å². The lowest BCUT2D eigenvalue weighted by atomic mass is 9.78. The third kappa shape index (κ3) is 1.91. The van der Waals surface area contributed by atoms with E-state index >= 15 is 0 Å². The molecule has 1 aliphatic carbocycles. The lowest BCUT2D eigenvalue weighted by Gasteiger charge is -2.23. The molecule has 0 heterocycles. The second-order valence-electron chi connectivity index (χ2n) is 4.72. The molecule has 0 N–H and O–H groups in total. The van der Waals surface area contributed by atoms with E-state index in [1.165, 1.54) is 0 Å². The van der Waals surface area contributed by atoms with Gasteiger partial charge in [-0.3, -0.25) is 9.18 Å². The number of ether oxygens (including phenoxy) is 1. The van der Waals surface area contributed by atoms with Crippen LogP contribution in [0.25, 0.3) is 0 Å². The fourth-order valence-electron chi connectivity index (χ4n) is 2.69. The van der Waals surface area contributed by atoms with Crippen molar-refractivity contribution in [1.29, 1.82) is 0 Å². The molecule has 0 spiro atoms. The van der Waals surface area contributed by atoms with Crippen molar-refractivity contribution in [3.8, 4) is 5.75 Å². The van der Waals surface area contributed by atoms with Crippen LogP contribution in [0.3, 0.4) is 0 Å². The maximum absolute atomic E-state index is 12.7. The highest BCUT2D eigenvalue weighted by molar-refractivity contribution is 6.32. The van der Waals surface area contributed by atoms with Gasteiger partial charge in [-0.1, -0.05) is 18.5 Å². The molecule has 4 heteroatoms. The fourth-order valence-corrected chi connectivity index (χ4v) is 2.93. The van der Waals surface area contributed by atoms with Crippen molar-refractivity contribution < 1.29 is 13.9 Å². The minimum atomic E-state index is -0.590. The maximum atomic E-state index is 12.7. The predicted octanol–water partition coefficient (Wildman–Crippen LogP) is 3.84. The predicted molar refractivity (Wildman–Crippen MR) is 69.4 cm³/mol. The van der Waals surface area contributed by atoms with Crippen LogP contribution in [0.2, 0.25) is 5.02 Å². The first-order chi connectivity index (χ1) is 8.57. The Labute approximate surface area is 111 Å². The zero-order valence-corrected chi connectivity index (χ0v) is 11.3. The summed E-state index contributed by atoms with van der Waals surface area (Å²) in [4.78, 5) is 12.4. The van der Waals surface area contributed by atoms with Crippen molar-refractivity contribution in [3.05, 3.63) is 28.3 Å². The Bertz CT molecular complexity index is 487. The number of fused-ring (bicyclic) bond motifs is 1. The van der Waals surface area contributed by atoms with Crippen molar-refractivity contribution in [2.45, 2.75) is 26.2 Å². The van der Waals surface area contributed by atoms with Gasteiger partial charge >= 0.3 is 0 Å². The van der Waals surface area contributed by atoms with E-state index in [1.54, 1.807) is 19.2 Å². The van der Waals surface area contributed by atoms with Gasteiger partial charge in [-0.2, -0.15) is 0 Å². The van der Waals surface area contributed by atoms with Gasteiger partial charge in [-0.15, -0.1) is 0 Å². The Morgan fingerprint density at radius 1 is 1.50 bits per heavy atom. The highest BCUT2D eigenvalue weighted by Crippen LogP contribution is 2.44. The molecule has 0 amide bonds. The average molecular weight is 271 g/mol. The van der Waals surface area contributed by atoms with Gasteiger partial charge in [0.25, 0.3) is 0 Å². The quantitative estimate of drug-likeness (QED) is 0.831. The Morgan fingerprint density at radius 3 is 2.78 bits per heavy atom.